The molecule has 0 amide bonds. The quantitative estimate of drug-likeness (QED) is 0.142. The maximum Gasteiger partial charge on any atom is 0.438 e. The smallest absolute Gasteiger partial charge is 0.435 e. The Hall–Kier alpha value is -3.46. The third kappa shape index (κ3) is 6.14. The minimum Gasteiger partial charge on any atom is -0.435 e. The second-order valence-corrected chi connectivity index (χ2v) is 10.4. The van der Waals surface area contributed by atoms with Crippen LogP contribution in [0.1, 0.15) is 26.3 Å². The number of alkyl halides is 6. The number of benzene rings is 3. The highest BCUT2D eigenvalue weighted by molar-refractivity contribution is 7.85. The average Bonchev–Trinajstić information content (AvgIpc) is 2.81. The summed E-state index contributed by atoms with van der Waals surface area (Å²) >= 11 is 0. The van der Waals surface area contributed by atoms with Crippen LogP contribution in [0, 0.1) is 0 Å². The average molecular weight is 586 g/mol. The van der Waals surface area contributed by atoms with Crippen molar-refractivity contribution in [3.8, 4) is 5.75 Å². The molecular weight excluding hydrogens is 567 g/mol. The van der Waals surface area contributed by atoms with Gasteiger partial charge in [-0.3, -0.25) is 4.55 Å². The first kappa shape index (κ1) is 31.1. The van der Waals surface area contributed by atoms with Gasteiger partial charge in [0, 0.05) is 5.39 Å². The maximum absolute atomic E-state index is 13.7. The van der Waals surface area contributed by atoms with Crippen LogP contribution >= 0.6 is 0 Å². The lowest BCUT2D eigenvalue weighted by Crippen LogP contribution is -2.63. The summed E-state index contributed by atoms with van der Waals surface area (Å²) in [5, 5.41) is -0.340. The summed E-state index contributed by atoms with van der Waals surface area (Å²) in [6.45, 7) is 0. The summed E-state index contributed by atoms with van der Waals surface area (Å²) < 4.78 is 123. The molecule has 7 nitrogen and oxygen atoms in total. The topological polar surface area (TPSA) is 107 Å². The minimum absolute atomic E-state index is 0.0552. The summed E-state index contributed by atoms with van der Waals surface area (Å²) in [7, 11) is -0.682. The molecule has 40 heavy (non-hydrogen) atoms. The van der Waals surface area contributed by atoms with E-state index in [-0.39, 0.29) is 16.7 Å². The molecule has 0 saturated heterocycles. The highest BCUT2D eigenvalue weighted by Gasteiger charge is 2.76. The molecule has 210 valence electrons. The fourth-order valence-electron chi connectivity index (χ4n) is 4.22. The number of esters is 2. The van der Waals surface area contributed by atoms with Gasteiger partial charge in [0.15, 0.2) is 0 Å². The zero-order valence-corrected chi connectivity index (χ0v) is 21.9. The van der Waals surface area contributed by atoms with Crippen molar-refractivity contribution in [1.82, 2.24) is 0 Å². The molecule has 3 aromatic rings. The predicted octanol–water partition coefficient (Wildman–Crippen LogP) is 0.617. The van der Waals surface area contributed by atoms with E-state index in [1.807, 2.05) is 7.85 Å². The van der Waals surface area contributed by atoms with Gasteiger partial charge in [-0.1, -0.05) is 48.2 Å². The highest BCUT2D eigenvalue weighted by Crippen LogP contribution is 2.47. The molecule has 0 unspecified atom stereocenters. The molecule has 0 atom stereocenters. The molecule has 0 spiro atoms. The zero-order valence-electron chi connectivity index (χ0n) is 21.1. The van der Waals surface area contributed by atoms with Crippen molar-refractivity contribution in [3.05, 3.63) is 65.2 Å². The molecule has 0 aliphatic carbocycles. The number of carbonyl (C=O) groups excluding carboxylic acids is 2. The zero-order chi connectivity index (χ0) is 30.3. The van der Waals surface area contributed by atoms with Crippen LogP contribution in [0.15, 0.2) is 48.5 Å². The van der Waals surface area contributed by atoms with Gasteiger partial charge in [0.25, 0.3) is 10.1 Å². The molecule has 17 heteroatoms. The molecular formula is C23H19B3F6O7S. The number of hydrogen-bond acceptors (Lipinski definition) is 6. The van der Waals surface area contributed by atoms with E-state index < -0.39 is 56.7 Å². The Balaban J connectivity index is 2.18. The molecule has 0 aliphatic heterocycles. The molecule has 3 aromatic carbocycles. The van der Waals surface area contributed by atoms with Crippen LogP contribution in [-0.2, 0) is 21.2 Å². The molecule has 0 radical (unpaired) electrons. The SMILES string of the molecule is BCc1cc(B)cc(B)c1OC(=O)c1cccc2cccc(C(=O)OC(CS(=O)(=O)O)(C(F)(F)F)C(F)(F)F)c12. The van der Waals surface area contributed by atoms with E-state index in [1.165, 1.54) is 18.2 Å². The van der Waals surface area contributed by atoms with Crippen molar-refractivity contribution >= 4 is 67.3 Å². The monoisotopic (exact) mass is 586 g/mol. The van der Waals surface area contributed by atoms with E-state index in [9.17, 15) is 44.3 Å². The molecule has 0 fully saturated rings. The molecule has 0 saturated carbocycles. The van der Waals surface area contributed by atoms with E-state index in [0.717, 1.165) is 23.7 Å². The lowest BCUT2D eigenvalue weighted by atomic mass is 9.81. The third-order valence-corrected chi connectivity index (χ3v) is 6.76. The highest BCUT2D eigenvalue weighted by atomic mass is 32.2. The Morgan fingerprint density at radius 2 is 1.40 bits per heavy atom. The summed E-state index contributed by atoms with van der Waals surface area (Å²) in [4.78, 5) is 26.2. The van der Waals surface area contributed by atoms with Crippen LogP contribution in [0.2, 0.25) is 0 Å². The van der Waals surface area contributed by atoms with Crippen LogP contribution in [0.25, 0.3) is 10.8 Å². The fraction of sp³-hybridized carbons (Fsp3) is 0.217. The first-order chi connectivity index (χ1) is 18.3. The Morgan fingerprint density at radius 3 is 1.88 bits per heavy atom. The number of ether oxygens (including phenoxy) is 2. The van der Waals surface area contributed by atoms with E-state index >= 15 is 0 Å². The number of carbonyl (C=O) groups is 2. The summed E-state index contributed by atoms with van der Waals surface area (Å²) in [5.41, 5.74) is -4.79. The lowest BCUT2D eigenvalue weighted by molar-refractivity contribution is -0.356. The van der Waals surface area contributed by atoms with E-state index in [2.05, 4.69) is 4.74 Å². The fourth-order valence-corrected chi connectivity index (χ4v) is 5.12. The van der Waals surface area contributed by atoms with Crippen molar-refractivity contribution in [3.63, 3.8) is 0 Å². The Kier molecular flexibility index (Phi) is 8.42. The van der Waals surface area contributed by atoms with Crippen molar-refractivity contribution < 1.29 is 58.4 Å². The molecule has 1 N–H and O–H groups in total. The van der Waals surface area contributed by atoms with Gasteiger partial charge in [-0.2, -0.15) is 34.8 Å². The number of fused-ring (bicyclic) bond motifs is 1. The van der Waals surface area contributed by atoms with Gasteiger partial charge in [-0.25, -0.2) is 9.59 Å². The normalized spacial score (nSPS) is 12.8. The molecule has 0 aliphatic rings. The van der Waals surface area contributed by atoms with E-state index in [1.54, 1.807) is 27.8 Å². The van der Waals surface area contributed by atoms with Gasteiger partial charge in [-0.05, 0) is 28.5 Å². The van der Waals surface area contributed by atoms with E-state index in [4.69, 9.17) is 9.29 Å². The number of halogens is 6. The first-order valence-corrected chi connectivity index (χ1v) is 13.1. The Labute approximate surface area is 226 Å². The number of rotatable bonds is 7. The second-order valence-electron chi connectivity index (χ2n) is 8.96. The van der Waals surface area contributed by atoms with Crippen LogP contribution < -0.4 is 15.7 Å². The Bertz CT molecular complexity index is 1570. The molecule has 0 bridgehead atoms. The third-order valence-electron chi connectivity index (χ3n) is 5.98. The predicted molar refractivity (Wildman–Crippen MR) is 141 cm³/mol. The van der Waals surface area contributed by atoms with Crippen molar-refractivity contribution in [2.45, 2.75) is 24.3 Å². The summed E-state index contributed by atoms with van der Waals surface area (Å²) in [6, 6.07) is 10.6. The summed E-state index contributed by atoms with van der Waals surface area (Å²) in [6.07, 6.45) is -12.6. The van der Waals surface area contributed by atoms with Crippen LogP contribution in [0.5, 0.6) is 5.75 Å². The van der Waals surface area contributed by atoms with Crippen LogP contribution in [-0.4, -0.2) is 72.2 Å². The van der Waals surface area contributed by atoms with Crippen molar-refractivity contribution in [2.75, 3.05) is 5.75 Å². The largest absolute Gasteiger partial charge is 0.438 e. The van der Waals surface area contributed by atoms with Gasteiger partial charge in [0.2, 0.25) is 0 Å². The number of hydrogen-bond donors (Lipinski definition) is 1. The van der Waals surface area contributed by atoms with Gasteiger partial charge in [0.1, 0.15) is 35.0 Å². The van der Waals surface area contributed by atoms with Gasteiger partial charge >= 0.3 is 29.9 Å². The van der Waals surface area contributed by atoms with E-state index in [0.29, 0.717) is 17.3 Å². The first-order valence-electron chi connectivity index (χ1n) is 11.5. The lowest BCUT2D eigenvalue weighted by Gasteiger charge is -2.35. The van der Waals surface area contributed by atoms with Gasteiger partial charge in [0.05, 0.1) is 11.1 Å². The van der Waals surface area contributed by atoms with Crippen LogP contribution in [0.4, 0.5) is 26.3 Å². The van der Waals surface area contributed by atoms with Crippen molar-refractivity contribution in [2.24, 2.45) is 0 Å². The van der Waals surface area contributed by atoms with Crippen molar-refractivity contribution in [1.29, 1.82) is 0 Å². The molecule has 3 rings (SSSR count). The summed E-state index contributed by atoms with van der Waals surface area (Å²) in [5.74, 6) is -6.16. The molecule has 0 aromatic heterocycles. The minimum atomic E-state index is -6.51. The second kappa shape index (κ2) is 10.8. The van der Waals surface area contributed by atoms with Gasteiger partial charge < -0.3 is 9.47 Å². The Morgan fingerprint density at radius 1 is 0.875 bits per heavy atom. The molecule has 0 heterocycles. The van der Waals surface area contributed by atoms with Crippen LogP contribution in [0.3, 0.4) is 0 Å². The standard InChI is InChI=1S/C23H19B3F6O7S/c24-9-12-7-13(25)8-16(26)18(12)38-19(33)14-5-1-3-11-4-2-6-15(17(11)14)20(34)39-21(22(27,28)29,23(30,31)32)10-40(35,36)37/h1-8H,9-10,24-26H2,(H,35,36,37). The maximum atomic E-state index is 13.7. The van der Waals surface area contributed by atoms with Gasteiger partial charge in [-0.15, -0.1) is 0 Å².